The Hall–Kier alpha value is -1.05. The molecule has 0 saturated carbocycles. The first-order valence-electron chi connectivity index (χ1n) is 7.63. The van der Waals surface area contributed by atoms with E-state index >= 15 is 0 Å². The van der Waals surface area contributed by atoms with E-state index in [9.17, 15) is 0 Å². The summed E-state index contributed by atoms with van der Waals surface area (Å²) in [6, 6.07) is 7.85. The van der Waals surface area contributed by atoms with Gasteiger partial charge in [0.1, 0.15) is 5.15 Å². The highest BCUT2D eigenvalue weighted by Gasteiger charge is 2.28. The van der Waals surface area contributed by atoms with E-state index in [1.807, 2.05) is 18.2 Å². The van der Waals surface area contributed by atoms with Gasteiger partial charge in [0.2, 0.25) is 5.95 Å². The van der Waals surface area contributed by atoms with Gasteiger partial charge in [-0.15, -0.1) is 0 Å². The predicted octanol–water partition coefficient (Wildman–Crippen LogP) is 4.66. The molecule has 1 aliphatic rings. The largest absolute Gasteiger partial charge is 0.339 e. The average molecular weight is 462 g/mol. The molecular formula is C16H13BrCl3N5. The third kappa shape index (κ3) is 3.73. The zero-order valence-corrected chi connectivity index (χ0v) is 16.7. The summed E-state index contributed by atoms with van der Waals surface area (Å²) in [5.41, 5.74) is 2.55. The van der Waals surface area contributed by atoms with E-state index in [2.05, 4.69) is 41.1 Å². The molecule has 25 heavy (non-hydrogen) atoms. The summed E-state index contributed by atoms with van der Waals surface area (Å²) in [6.45, 7) is 2.45. The highest BCUT2D eigenvalue weighted by atomic mass is 79.9. The number of H-pyrrole nitrogens is 1. The van der Waals surface area contributed by atoms with Gasteiger partial charge in [0.05, 0.1) is 9.99 Å². The molecule has 2 N–H and O–H groups in total. The number of aromatic amines is 1. The minimum Gasteiger partial charge on any atom is -0.339 e. The first-order chi connectivity index (χ1) is 12.0. The standard InChI is InChI=1S/C16H13BrCl3N5/c17-12-4-13-15(23-14(12)20)24-16(22-13)25-6-11(7-25)21-5-8-1-9(18)3-10(19)2-8/h1-4,11,21H,5-7H2,(H,22,23,24). The normalized spacial score (nSPS) is 15.0. The molecule has 1 fully saturated rings. The lowest BCUT2D eigenvalue weighted by molar-refractivity contribution is 0.414. The van der Waals surface area contributed by atoms with Gasteiger partial charge in [0.25, 0.3) is 0 Å². The highest BCUT2D eigenvalue weighted by Crippen LogP contribution is 2.27. The van der Waals surface area contributed by atoms with Crippen LogP contribution in [-0.2, 0) is 6.54 Å². The molecule has 3 heterocycles. The summed E-state index contributed by atoms with van der Waals surface area (Å²) in [4.78, 5) is 14.2. The van der Waals surface area contributed by atoms with Crippen LogP contribution in [0.5, 0.6) is 0 Å². The molecule has 2 aromatic heterocycles. The van der Waals surface area contributed by atoms with E-state index in [1.54, 1.807) is 6.07 Å². The number of fused-ring (bicyclic) bond motifs is 1. The molecule has 0 spiro atoms. The van der Waals surface area contributed by atoms with Gasteiger partial charge in [-0.25, -0.2) is 4.98 Å². The minimum absolute atomic E-state index is 0.384. The highest BCUT2D eigenvalue weighted by molar-refractivity contribution is 9.10. The second-order valence-corrected chi connectivity index (χ2v) is 8.04. The van der Waals surface area contributed by atoms with Crippen LogP contribution in [0.25, 0.3) is 11.2 Å². The van der Waals surface area contributed by atoms with Crippen LogP contribution in [0.1, 0.15) is 5.56 Å². The molecule has 4 rings (SSSR count). The van der Waals surface area contributed by atoms with Crippen molar-refractivity contribution < 1.29 is 0 Å². The zero-order chi connectivity index (χ0) is 17.6. The summed E-state index contributed by atoms with van der Waals surface area (Å²) < 4.78 is 0.750. The fourth-order valence-corrected chi connectivity index (χ4v) is 3.81. The number of benzene rings is 1. The molecule has 9 heteroatoms. The van der Waals surface area contributed by atoms with Crippen molar-refractivity contribution in [1.82, 2.24) is 20.3 Å². The van der Waals surface area contributed by atoms with Crippen molar-refractivity contribution in [3.8, 4) is 0 Å². The van der Waals surface area contributed by atoms with Crippen molar-refractivity contribution in [1.29, 1.82) is 0 Å². The third-order valence-electron chi connectivity index (χ3n) is 4.07. The van der Waals surface area contributed by atoms with Crippen LogP contribution in [0.2, 0.25) is 15.2 Å². The average Bonchev–Trinajstić information content (AvgIpc) is 2.87. The maximum Gasteiger partial charge on any atom is 0.205 e. The number of aromatic nitrogens is 3. The number of anilines is 1. The molecule has 1 aromatic carbocycles. The number of nitrogens with zero attached hydrogens (tertiary/aromatic N) is 3. The minimum atomic E-state index is 0.384. The molecule has 0 atom stereocenters. The summed E-state index contributed by atoms with van der Waals surface area (Å²) in [5, 5.41) is 5.21. The van der Waals surface area contributed by atoms with E-state index in [0.29, 0.717) is 26.9 Å². The lowest BCUT2D eigenvalue weighted by Crippen LogP contribution is -2.58. The smallest absolute Gasteiger partial charge is 0.205 e. The lowest BCUT2D eigenvalue weighted by atomic mass is 10.1. The van der Waals surface area contributed by atoms with Gasteiger partial charge in [-0.1, -0.05) is 34.8 Å². The van der Waals surface area contributed by atoms with Gasteiger partial charge >= 0.3 is 0 Å². The Balaban J connectivity index is 1.37. The van der Waals surface area contributed by atoms with Crippen LogP contribution >= 0.6 is 50.7 Å². The van der Waals surface area contributed by atoms with Crippen LogP contribution in [0.4, 0.5) is 5.95 Å². The molecule has 130 valence electrons. The summed E-state index contributed by atoms with van der Waals surface area (Å²) >= 11 is 21.4. The number of pyridine rings is 1. The topological polar surface area (TPSA) is 56.8 Å². The van der Waals surface area contributed by atoms with Crippen LogP contribution in [0.15, 0.2) is 28.7 Å². The monoisotopic (exact) mass is 459 g/mol. The molecular weight excluding hydrogens is 448 g/mol. The first-order valence-corrected chi connectivity index (χ1v) is 9.55. The maximum absolute atomic E-state index is 6.03. The van der Waals surface area contributed by atoms with Crippen molar-refractivity contribution in [3.05, 3.63) is 49.5 Å². The quantitative estimate of drug-likeness (QED) is 0.555. The molecule has 0 aliphatic carbocycles. The summed E-state index contributed by atoms with van der Waals surface area (Å²) in [5.74, 6) is 0.806. The zero-order valence-electron chi connectivity index (χ0n) is 12.9. The second-order valence-electron chi connectivity index (χ2n) is 5.95. The van der Waals surface area contributed by atoms with Crippen LogP contribution in [-0.4, -0.2) is 34.1 Å². The molecule has 0 unspecified atom stereocenters. The van der Waals surface area contributed by atoms with Crippen molar-refractivity contribution in [2.45, 2.75) is 12.6 Å². The number of imidazole rings is 1. The Morgan fingerprint density at radius 2 is 1.84 bits per heavy atom. The van der Waals surface area contributed by atoms with E-state index in [-0.39, 0.29) is 0 Å². The van der Waals surface area contributed by atoms with Gasteiger partial charge in [-0.3, -0.25) is 0 Å². The van der Waals surface area contributed by atoms with E-state index < -0.39 is 0 Å². The van der Waals surface area contributed by atoms with Crippen molar-refractivity contribution in [3.63, 3.8) is 0 Å². The number of nitrogens with one attached hydrogen (secondary N) is 2. The van der Waals surface area contributed by atoms with Gasteiger partial charge < -0.3 is 15.2 Å². The Morgan fingerprint density at radius 1 is 1.12 bits per heavy atom. The Kier molecular flexibility index (Phi) is 4.81. The van der Waals surface area contributed by atoms with E-state index in [4.69, 9.17) is 34.8 Å². The SMILES string of the molecule is Clc1cc(Cl)cc(CNC2CN(c3nc4nc(Cl)c(Br)cc4[nH]3)C2)c1. The first kappa shape index (κ1) is 17.4. The van der Waals surface area contributed by atoms with Crippen molar-refractivity contribution in [2.75, 3.05) is 18.0 Å². The lowest BCUT2D eigenvalue weighted by Gasteiger charge is -2.39. The van der Waals surface area contributed by atoms with Gasteiger partial charge in [0, 0.05) is 35.7 Å². The molecule has 0 amide bonds. The summed E-state index contributed by atoms with van der Waals surface area (Å²) in [6.07, 6.45) is 0. The predicted molar refractivity (Wildman–Crippen MR) is 106 cm³/mol. The molecule has 3 aromatic rings. The Labute approximate surface area is 167 Å². The van der Waals surface area contributed by atoms with E-state index in [0.717, 1.165) is 41.1 Å². The second kappa shape index (κ2) is 6.93. The third-order valence-corrected chi connectivity index (χ3v) is 5.63. The van der Waals surface area contributed by atoms with Crippen molar-refractivity contribution in [2.24, 2.45) is 0 Å². The molecule has 5 nitrogen and oxygen atoms in total. The summed E-state index contributed by atoms with van der Waals surface area (Å²) in [7, 11) is 0. The fourth-order valence-electron chi connectivity index (χ4n) is 2.79. The van der Waals surface area contributed by atoms with Gasteiger partial charge in [0.15, 0.2) is 5.65 Å². The number of halogens is 4. The van der Waals surface area contributed by atoms with Crippen molar-refractivity contribution >= 4 is 67.8 Å². The molecule has 0 radical (unpaired) electrons. The fraction of sp³-hybridized carbons (Fsp3) is 0.250. The molecule has 1 aliphatic heterocycles. The number of hydrogen-bond donors (Lipinski definition) is 2. The molecule has 1 saturated heterocycles. The molecule has 0 bridgehead atoms. The van der Waals surface area contributed by atoms with Gasteiger partial charge in [-0.2, -0.15) is 4.98 Å². The number of hydrogen-bond acceptors (Lipinski definition) is 4. The van der Waals surface area contributed by atoms with Crippen LogP contribution in [0, 0.1) is 0 Å². The van der Waals surface area contributed by atoms with Gasteiger partial charge in [-0.05, 0) is 45.8 Å². The van der Waals surface area contributed by atoms with Crippen LogP contribution < -0.4 is 10.2 Å². The van der Waals surface area contributed by atoms with E-state index in [1.165, 1.54) is 0 Å². The Bertz CT molecular complexity index is 880. The Morgan fingerprint density at radius 3 is 2.56 bits per heavy atom. The number of rotatable bonds is 4. The maximum atomic E-state index is 6.03. The van der Waals surface area contributed by atoms with Crippen LogP contribution in [0.3, 0.4) is 0 Å².